The molecule has 0 fully saturated rings. The number of halogens is 4. The Morgan fingerprint density at radius 2 is 0.441 bits per heavy atom. The van der Waals surface area contributed by atoms with Crippen LogP contribution in [0.1, 0.15) is 45.0 Å². The van der Waals surface area contributed by atoms with E-state index < -0.39 is 0 Å². The van der Waals surface area contributed by atoms with Gasteiger partial charge in [-0.3, -0.25) is 0 Å². The van der Waals surface area contributed by atoms with Crippen molar-refractivity contribution in [2.45, 2.75) is 0 Å². The fourth-order valence-corrected chi connectivity index (χ4v) is 7.54. The number of hydrogen-bond acceptors (Lipinski definition) is 0. The molecule has 1 aliphatic rings. The molecular weight excluding hydrogens is 899 g/mol. The molecule has 8 bridgehead atoms. The average Bonchev–Trinajstić information content (AvgIpc) is 3.99. The summed E-state index contributed by atoms with van der Waals surface area (Å²) in [5.74, 6) is 0. The van der Waals surface area contributed by atoms with Crippen LogP contribution in [-0.4, -0.2) is 76.6 Å². The summed E-state index contributed by atoms with van der Waals surface area (Å²) in [7, 11) is 0. The normalized spacial score (nSPS) is 11.3. The molecule has 0 amide bonds. The monoisotopic (exact) mass is 933 g/mol. The molecule has 5 heterocycles. The summed E-state index contributed by atoms with van der Waals surface area (Å²) in [5, 5.41) is 6.47. The van der Waals surface area contributed by atoms with Gasteiger partial charge in [-0.2, -0.15) is 0 Å². The molecule has 15 heteroatoms. The standard InChI is InChI=1S/C44H28Cl4N4.2Al.Mn.4H2O/c45-29-9-1-25(2-10-29)41-33-17-19-35(49-33)42(26-3-11-30(46)12-4-26)37-21-23-39(51-37)44(28-7-15-32(48)16-8-28)40-24-22-38(52-40)43(36-20-18-34(41)50-36)27-5-13-31(47)14-6-27;;;;;;;/h1-24,49-52H;;;;4*1H2/q;3*+3;;;;. The summed E-state index contributed by atoms with van der Waals surface area (Å²) in [6.07, 6.45) is 0. The van der Waals surface area contributed by atoms with Crippen LogP contribution in [0.15, 0.2) is 146 Å². The molecule has 0 unspecified atom stereocenters. The predicted molar refractivity (Wildman–Crippen MR) is 240 cm³/mol. The zero-order chi connectivity index (χ0) is 35.3. The first kappa shape index (κ1) is 51.2. The van der Waals surface area contributed by atoms with Crippen LogP contribution in [0.25, 0.3) is 22.3 Å². The van der Waals surface area contributed by atoms with E-state index in [0.717, 1.165) is 88.7 Å². The third-order valence-electron chi connectivity index (χ3n) is 9.43. The Balaban J connectivity index is 0.00000171. The largest absolute Gasteiger partial charge is 3.00 e. The van der Waals surface area contributed by atoms with Crippen LogP contribution in [0.5, 0.6) is 0 Å². The van der Waals surface area contributed by atoms with E-state index in [4.69, 9.17) is 46.4 Å². The number of fused-ring (bicyclic) bond motifs is 8. The van der Waals surface area contributed by atoms with Crippen molar-refractivity contribution < 1.29 is 39.0 Å². The van der Waals surface area contributed by atoms with Gasteiger partial charge in [0, 0.05) is 86.6 Å². The zero-order valence-corrected chi connectivity index (χ0v) is 37.4. The molecule has 0 aliphatic carbocycles. The fraction of sp³-hybridized carbons (Fsp3) is 0. The molecule has 288 valence electrons. The van der Waals surface area contributed by atoms with Crippen molar-refractivity contribution in [1.29, 1.82) is 0 Å². The van der Waals surface area contributed by atoms with Crippen molar-refractivity contribution in [2.24, 2.45) is 0 Å². The number of hydrogen-bond donors (Lipinski definition) is 4. The van der Waals surface area contributed by atoms with Gasteiger partial charge in [-0.15, -0.1) is 0 Å². The zero-order valence-electron chi connectivity index (χ0n) is 30.9. The van der Waals surface area contributed by atoms with E-state index in [1.54, 1.807) is 0 Å². The van der Waals surface area contributed by atoms with Gasteiger partial charge in [0.2, 0.25) is 0 Å². The maximum atomic E-state index is 6.38. The Morgan fingerprint density at radius 3 is 0.627 bits per heavy atom. The van der Waals surface area contributed by atoms with Gasteiger partial charge in [0.1, 0.15) is 0 Å². The van der Waals surface area contributed by atoms with Gasteiger partial charge < -0.3 is 41.8 Å². The molecule has 1 aliphatic heterocycles. The van der Waals surface area contributed by atoms with Gasteiger partial charge in [0.25, 0.3) is 0 Å². The summed E-state index contributed by atoms with van der Waals surface area (Å²) in [5.41, 5.74) is 11.8. The van der Waals surface area contributed by atoms with Crippen LogP contribution in [0.4, 0.5) is 0 Å². The summed E-state index contributed by atoms with van der Waals surface area (Å²) in [6.45, 7) is 0. The Morgan fingerprint density at radius 1 is 0.254 bits per heavy atom. The Hall–Kier alpha value is -3.94. The summed E-state index contributed by atoms with van der Waals surface area (Å²) < 4.78 is 0. The van der Waals surface area contributed by atoms with E-state index >= 15 is 0 Å². The van der Waals surface area contributed by atoms with E-state index in [-0.39, 0.29) is 73.7 Å². The van der Waals surface area contributed by atoms with Crippen molar-refractivity contribution in [3.63, 3.8) is 0 Å². The SMILES string of the molecule is Clc1ccc(C2=c3ccc([nH]3)=C(c3ccc(Cl)cc3)c3ccc([nH]3)C(c3ccc(Cl)cc3)=c3ccc([nH]3)=C(c3ccc(Cl)cc3)c3ccc2[nH]3)cc1.O.O.O.O.[Al+3].[Al+3].[Mn+3]. The van der Waals surface area contributed by atoms with Gasteiger partial charge in [-0.1, -0.05) is 94.9 Å². The van der Waals surface area contributed by atoms with E-state index in [9.17, 15) is 0 Å². The quantitative estimate of drug-likeness (QED) is 0.176. The third-order valence-corrected chi connectivity index (χ3v) is 10.4. The van der Waals surface area contributed by atoms with E-state index in [2.05, 4.69) is 68.5 Å². The molecule has 0 radical (unpaired) electrons. The number of rotatable bonds is 4. The molecule has 59 heavy (non-hydrogen) atoms. The van der Waals surface area contributed by atoms with Gasteiger partial charge >= 0.3 is 51.8 Å². The number of benzene rings is 4. The number of aromatic nitrogens is 4. The van der Waals surface area contributed by atoms with Crippen LogP contribution >= 0.6 is 46.4 Å². The second-order valence-electron chi connectivity index (χ2n) is 12.7. The molecule has 0 saturated heterocycles. The predicted octanol–water partition coefficient (Wildman–Crippen LogP) is 4.85. The Labute approximate surface area is 391 Å². The first-order valence-electron chi connectivity index (χ1n) is 16.7. The molecular formula is C44H36Al2Cl4MnN4O4+9. The molecule has 8 aromatic rings. The van der Waals surface area contributed by atoms with Crippen molar-refractivity contribution in [1.82, 2.24) is 19.9 Å². The molecule has 9 rings (SSSR count). The van der Waals surface area contributed by atoms with Crippen molar-refractivity contribution in [2.75, 3.05) is 0 Å². The fourth-order valence-electron chi connectivity index (χ4n) is 7.04. The summed E-state index contributed by atoms with van der Waals surface area (Å²) in [6, 6.07) is 48.8. The van der Waals surface area contributed by atoms with E-state index in [1.807, 2.05) is 97.1 Å². The van der Waals surface area contributed by atoms with Gasteiger partial charge in [0.15, 0.2) is 0 Å². The second-order valence-corrected chi connectivity index (χ2v) is 14.4. The molecule has 4 aromatic carbocycles. The van der Waals surface area contributed by atoms with E-state index in [0.29, 0.717) is 20.1 Å². The number of H-pyrrole nitrogens is 4. The third kappa shape index (κ3) is 10.2. The molecule has 0 spiro atoms. The van der Waals surface area contributed by atoms with Gasteiger partial charge in [-0.25, -0.2) is 0 Å². The number of aromatic amines is 4. The van der Waals surface area contributed by atoms with E-state index in [1.165, 1.54) is 0 Å². The first-order chi connectivity index (χ1) is 25.4. The minimum Gasteiger partial charge on any atom is -0.412 e. The Bertz CT molecular complexity index is 2500. The maximum absolute atomic E-state index is 6.38. The first-order valence-corrected chi connectivity index (χ1v) is 18.2. The molecule has 0 atom stereocenters. The van der Waals surface area contributed by atoms with Crippen LogP contribution < -0.4 is 21.4 Å². The minimum absolute atomic E-state index is 0. The van der Waals surface area contributed by atoms with Crippen molar-refractivity contribution in [3.05, 3.63) is 232 Å². The van der Waals surface area contributed by atoms with Crippen LogP contribution in [0.2, 0.25) is 20.1 Å². The maximum Gasteiger partial charge on any atom is 3.00 e. The second kappa shape index (κ2) is 21.5. The minimum atomic E-state index is 0. The van der Waals surface area contributed by atoms with Crippen LogP contribution in [0, 0.1) is 0 Å². The van der Waals surface area contributed by atoms with Gasteiger partial charge in [-0.05, 0) is 119 Å². The van der Waals surface area contributed by atoms with Crippen LogP contribution in [0.3, 0.4) is 0 Å². The van der Waals surface area contributed by atoms with Crippen molar-refractivity contribution in [3.8, 4) is 0 Å². The smallest absolute Gasteiger partial charge is 0.412 e. The molecule has 8 nitrogen and oxygen atoms in total. The number of nitrogens with one attached hydrogen (secondary N) is 4. The topological polar surface area (TPSA) is 189 Å². The Kier molecular flexibility index (Phi) is 18.7. The molecule has 12 N–H and O–H groups in total. The summed E-state index contributed by atoms with van der Waals surface area (Å²) >= 11 is 25.5. The summed E-state index contributed by atoms with van der Waals surface area (Å²) in [4.78, 5) is 15.2. The molecule has 0 saturated carbocycles. The van der Waals surface area contributed by atoms with Gasteiger partial charge in [0.05, 0.1) is 0 Å². The average molecular weight is 936 g/mol. The van der Waals surface area contributed by atoms with Crippen molar-refractivity contribution >= 4 is 103 Å². The van der Waals surface area contributed by atoms with Crippen LogP contribution in [-0.2, 0) is 17.1 Å². The molecule has 4 aromatic heterocycles.